The maximum atomic E-state index is 13.2. The van der Waals surface area contributed by atoms with Crippen LogP contribution in [0.5, 0.6) is 0 Å². The van der Waals surface area contributed by atoms with Crippen LogP contribution in [-0.2, 0) is 6.42 Å². The summed E-state index contributed by atoms with van der Waals surface area (Å²) in [5, 5.41) is 12.2. The fourth-order valence-electron chi connectivity index (χ4n) is 1.29. The van der Waals surface area contributed by atoms with Crippen LogP contribution in [0, 0.1) is 5.82 Å². The third-order valence-electron chi connectivity index (χ3n) is 2.09. The van der Waals surface area contributed by atoms with E-state index in [9.17, 15) is 4.39 Å². The molecule has 0 aliphatic rings. The lowest BCUT2D eigenvalue weighted by Gasteiger charge is -2.05. The van der Waals surface area contributed by atoms with Gasteiger partial charge in [-0.2, -0.15) is 0 Å². The number of rotatable bonds is 6. The lowest BCUT2D eigenvalue weighted by atomic mass is 10.1. The number of hydrogen-bond donors (Lipinski definition) is 2. The quantitative estimate of drug-likeness (QED) is 0.734. The Morgan fingerprint density at radius 1 is 1.33 bits per heavy atom. The summed E-state index contributed by atoms with van der Waals surface area (Å²) in [5.41, 5.74) is 0.624. The summed E-state index contributed by atoms with van der Waals surface area (Å²) < 4.78 is 13.2. The summed E-state index contributed by atoms with van der Waals surface area (Å²) in [4.78, 5) is 0. The van der Waals surface area contributed by atoms with Gasteiger partial charge in [0, 0.05) is 11.6 Å². The van der Waals surface area contributed by atoms with Crippen molar-refractivity contribution in [1.29, 1.82) is 0 Å². The van der Waals surface area contributed by atoms with Crippen LogP contribution >= 0.6 is 11.6 Å². The standard InChI is InChI=1S/C11H15ClFNO/c12-10-2-3-11(13)9(8-10)4-6-14-5-1-7-15/h2-3,8,14-15H,1,4-7H2. The van der Waals surface area contributed by atoms with E-state index in [1.165, 1.54) is 6.07 Å². The maximum absolute atomic E-state index is 13.2. The van der Waals surface area contributed by atoms with Gasteiger partial charge in [-0.05, 0) is 49.7 Å². The highest BCUT2D eigenvalue weighted by molar-refractivity contribution is 6.30. The molecule has 4 heteroatoms. The molecule has 0 saturated carbocycles. The van der Waals surface area contributed by atoms with Crippen LogP contribution in [0.25, 0.3) is 0 Å². The van der Waals surface area contributed by atoms with Gasteiger partial charge in [-0.15, -0.1) is 0 Å². The van der Waals surface area contributed by atoms with Crippen molar-refractivity contribution in [3.8, 4) is 0 Å². The first-order chi connectivity index (χ1) is 7.24. The van der Waals surface area contributed by atoms with E-state index in [4.69, 9.17) is 16.7 Å². The monoisotopic (exact) mass is 231 g/mol. The Balaban J connectivity index is 2.33. The van der Waals surface area contributed by atoms with Crippen molar-refractivity contribution in [3.63, 3.8) is 0 Å². The molecule has 0 saturated heterocycles. The van der Waals surface area contributed by atoms with Gasteiger partial charge in [0.2, 0.25) is 0 Å². The van der Waals surface area contributed by atoms with Crippen LogP contribution in [0.2, 0.25) is 5.02 Å². The van der Waals surface area contributed by atoms with Crippen LogP contribution in [0.3, 0.4) is 0 Å². The molecule has 2 N–H and O–H groups in total. The van der Waals surface area contributed by atoms with E-state index in [0.29, 0.717) is 23.6 Å². The Morgan fingerprint density at radius 2 is 2.13 bits per heavy atom. The molecule has 0 amide bonds. The SMILES string of the molecule is OCCCNCCc1cc(Cl)ccc1F. The van der Waals surface area contributed by atoms with E-state index < -0.39 is 0 Å². The van der Waals surface area contributed by atoms with Gasteiger partial charge >= 0.3 is 0 Å². The molecule has 0 heterocycles. The molecule has 0 aliphatic carbocycles. The summed E-state index contributed by atoms with van der Waals surface area (Å²) in [5.74, 6) is -0.219. The largest absolute Gasteiger partial charge is 0.396 e. The molecule has 0 spiro atoms. The first-order valence-corrected chi connectivity index (χ1v) is 5.37. The minimum absolute atomic E-state index is 0.179. The third kappa shape index (κ3) is 4.60. The molecular weight excluding hydrogens is 217 g/mol. The van der Waals surface area contributed by atoms with Crippen molar-refractivity contribution in [3.05, 3.63) is 34.6 Å². The van der Waals surface area contributed by atoms with Crippen LogP contribution in [0.15, 0.2) is 18.2 Å². The van der Waals surface area contributed by atoms with Crippen LogP contribution in [-0.4, -0.2) is 24.8 Å². The van der Waals surface area contributed by atoms with E-state index in [1.54, 1.807) is 12.1 Å². The Morgan fingerprint density at radius 3 is 2.87 bits per heavy atom. The molecule has 0 unspecified atom stereocenters. The molecule has 0 aromatic heterocycles. The Bertz CT molecular complexity index is 307. The van der Waals surface area contributed by atoms with Crippen LogP contribution in [0.1, 0.15) is 12.0 Å². The van der Waals surface area contributed by atoms with Gasteiger partial charge in [0.05, 0.1) is 0 Å². The van der Waals surface area contributed by atoms with Gasteiger partial charge in [0.15, 0.2) is 0 Å². The van der Waals surface area contributed by atoms with Crippen LogP contribution < -0.4 is 5.32 Å². The van der Waals surface area contributed by atoms with Crippen molar-refractivity contribution >= 4 is 11.6 Å². The zero-order valence-electron chi connectivity index (χ0n) is 8.47. The highest BCUT2D eigenvalue weighted by Crippen LogP contribution is 2.14. The molecule has 84 valence electrons. The number of hydrogen-bond acceptors (Lipinski definition) is 2. The van der Waals surface area contributed by atoms with E-state index in [2.05, 4.69) is 5.32 Å². The first-order valence-electron chi connectivity index (χ1n) is 4.99. The third-order valence-corrected chi connectivity index (χ3v) is 2.33. The van der Waals surface area contributed by atoms with Gasteiger partial charge in [0.1, 0.15) is 5.82 Å². The number of benzene rings is 1. The highest BCUT2D eigenvalue weighted by atomic mass is 35.5. The first kappa shape index (κ1) is 12.4. The van der Waals surface area contributed by atoms with Gasteiger partial charge in [-0.3, -0.25) is 0 Å². The second-order valence-corrected chi connectivity index (χ2v) is 3.75. The van der Waals surface area contributed by atoms with E-state index in [1.807, 2.05) is 0 Å². The summed E-state index contributed by atoms with van der Waals surface area (Å²) in [6.07, 6.45) is 1.33. The fraction of sp³-hybridized carbons (Fsp3) is 0.455. The number of nitrogens with one attached hydrogen (secondary N) is 1. The molecule has 0 radical (unpaired) electrons. The maximum Gasteiger partial charge on any atom is 0.126 e. The van der Waals surface area contributed by atoms with E-state index >= 15 is 0 Å². The molecule has 15 heavy (non-hydrogen) atoms. The molecular formula is C11H15ClFNO. The van der Waals surface area contributed by atoms with Gasteiger partial charge in [0.25, 0.3) is 0 Å². The van der Waals surface area contributed by atoms with Crippen molar-refractivity contribution in [1.82, 2.24) is 5.32 Å². The van der Waals surface area contributed by atoms with Crippen LogP contribution in [0.4, 0.5) is 4.39 Å². The zero-order chi connectivity index (χ0) is 11.1. The summed E-state index contributed by atoms with van der Waals surface area (Å²) >= 11 is 5.76. The summed E-state index contributed by atoms with van der Waals surface area (Å²) in [7, 11) is 0. The zero-order valence-corrected chi connectivity index (χ0v) is 9.23. The highest BCUT2D eigenvalue weighted by Gasteiger charge is 2.02. The average molecular weight is 232 g/mol. The second-order valence-electron chi connectivity index (χ2n) is 3.31. The molecule has 1 aromatic rings. The molecule has 0 atom stereocenters. The number of halogens is 2. The van der Waals surface area contributed by atoms with E-state index in [0.717, 1.165) is 13.0 Å². The Hall–Kier alpha value is -0.640. The van der Waals surface area contributed by atoms with Crippen molar-refractivity contribution in [2.75, 3.05) is 19.7 Å². The smallest absolute Gasteiger partial charge is 0.126 e. The van der Waals surface area contributed by atoms with Crippen molar-refractivity contribution in [2.24, 2.45) is 0 Å². The molecule has 0 aliphatic heterocycles. The Kier molecular flexibility index (Phi) is 5.61. The Labute approximate surface area is 94.1 Å². The van der Waals surface area contributed by atoms with Gasteiger partial charge < -0.3 is 10.4 Å². The predicted molar refractivity (Wildman–Crippen MR) is 59.7 cm³/mol. The minimum atomic E-state index is -0.219. The van der Waals surface area contributed by atoms with E-state index in [-0.39, 0.29) is 12.4 Å². The molecule has 0 bridgehead atoms. The van der Waals surface area contributed by atoms with Gasteiger partial charge in [-0.1, -0.05) is 11.6 Å². The summed E-state index contributed by atoms with van der Waals surface area (Å²) in [6, 6.07) is 4.57. The normalized spacial score (nSPS) is 10.6. The van der Waals surface area contributed by atoms with Crippen molar-refractivity contribution < 1.29 is 9.50 Å². The average Bonchev–Trinajstić information content (AvgIpc) is 2.23. The lowest BCUT2D eigenvalue weighted by Crippen LogP contribution is -2.19. The molecule has 1 rings (SSSR count). The minimum Gasteiger partial charge on any atom is -0.396 e. The summed E-state index contributed by atoms with van der Waals surface area (Å²) in [6.45, 7) is 1.62. The second kappa shape index (κ2) is 6.77. The molecule has 0 fully saturated rings. The number of aliphatic hydroxyl groups is 1. The lowest BCUT2D eigenvalue weighted by molar-refractivity contribution is 0.286. The molecule has 2 nitrogen and oxygen atoms in total. The number of aliphatic hydroxyl groups excluding tert-OH is 1. The fourth-order valence-corrected chi connectivity index (χ4v) is 1.48. The molecule has 1 aromatic carbocycles. The predicted octanol–water partition coefficient (Wildman–Crippen LogP) is 1.99. The van der Waals surface area contributed by atoms with Crippen molar-refractivity contribution in [2.45, 2.75) is 12.8 Å². The van der Waals surface area contributed by atoms with Gasteiger partial charge in [-0.25, -0.2) is 4.39 Å². The topological polar surface area (TPSA) is 32.3 Å².